The van der Waals surface area contributed by atoms with Crippen molar-refractivity contribution in [3.63, 3.8) is 0 Å². The van der Waals surface area contributed by atoms with Gasteiger partial charge in [0, 0.05) is 17.6 Å². The van der Waals surface area contributed by atoms with Gasteiger partial charge in [0.2, 0.25) is 0 Å². The lowest BCUT2D eigenvalue weighted by Crippen LogP contribution is -2.26. The van der Waals surface area contributed by atoms with Crippen LogP contribution in [-0.4, -0.2) is 29.3 Å². The Balaban J connectivity index is 1.95. The van der Waals surface area contributed by atoms with Gasteiger partial charge in [0.25, 0.3) is 0 Å². The number of halogens is 1. The first-order valence-corrected chi connectivity index (χ1v) is 6.21. The Morgan fingerprint density at radius 1 is 1.35 bits per heavy atom. The van der Waals surface area contributed by atoms with Crippen LogP contribution >= 0.6 is 0 Å². The molecule has 2 nitrogen and oxygen atoms in total. The molecule has 1 saturated heterocycles. The van der Waals surface area contributed by atoms with E-state index in [1.807, 2.05) is 24.3 Å². The van der Waals surface area contributed by atoms with E-state index in [9.17, 15) is 4.48 Å². The minimum atomic E-state index is 0.570. The van der Waals surface area contributed by atoms with Gasteiger partial charge >= 0.3 is 0 Å². The predicted molar refractivity (Wildman–Crippen MR) is 67.8 cm³/mol. The molecule has 3 heteroatoms. The van der Waals surface area contributed by atoms with Gasteiger partial charge in [0.05, 0.1) is 5.52 Å². The molecule has 3 rings (SSSR count). The first-order chi connectivity index (χ1) is 8.25. The lowest BCUT2D eigenvalue weighted by Gasteiger charge is -2.18. The fourth-order valence-corrected chi connectivity index (χ4v) is 2.86. The summed E-state index contributed by atoms with van der Waals surface area (Å²) in [5.41, 5.74) is 1.81. The van der Waals surface area contributed by atoms with Gasteiger partial charge < -0.3 is 4.90 Å². The van der Waals surface area contributed by atoms with Gasteiger partial charge in [0.15, 0.2) is 0 Å². The zero-order chi connectivity index (χ0) is 11.8. The molecule has 2 aromatic rings. The molecule has 90 valence electrons. The third-order valence-corrected chi connectivity index (χ3v) is 3.88. The monoisotopic (exact) mass is 232 g/mol. The quantitative estimate of drug-likeness (QED) is 0.772. The van der Waals surface area contributed by atoms with Crippen molar-refractivity contribution < 1.29 is 4.48 Å². The van der Waals surface area contributed by atoms with Crippen molar-refractivity contribution in [1.29, 1.82) is 0 Å². The molecular formula is C14H17FN2. The fraction of sp³-hybridized carbons (Fsp3) is 0.429. The molecule has 1 fully saturated rings. The molecule has 1 atom stereocenters. The largest absolute Gasteiger partial charge is 0.303 e. The van der Waals surface area contributed by atoms with Crippen molar-refractivity contribution in [2.24, 2.45) is 0 Å². The lowest BCUT2D eigenvalue weighted by molar-refractivity contribution is 0.309. The summed E-state index contributed by atoms with van der Waals surface area (Å²) in [5, 5.41) is 1.05. The van der Waals surface area contributed by atoms with Gasteiger partial charge in [-0.05, 0) is 44.5 Å². The Labute approximate surface area is 101 Å². The third-order valence-electron chi connectivity index (χ3n) is 3.88. The SMILES string of the molecule is CN1CCCC1Cc1cn(F)c2ccccc12. The number of likely N-dealkylation sites (tertiary alicyclic amines) is 1. The normalized spacial score (nSPS) is 21.4. The molecule has 1 aromatic heterocycles. The second kappa shape index (κ2) is 4.15. The second-order valence-electron chi connectivity index (χ2n) is 4.96. The van der Waals surface area contributed by atoms with E-state index >= 15 is 0 Å². The predicted octanol–water partition coefficient (Wildman–Crippen LogP) is 3.01. The molecule has 0 saturated carbocycles. The number of hydrogen-bond acceptors (Lipinski definition) is 1. The van der Waals surface area contributed by atoms with Crippen LogP contribution in [0.15, 0.2) is 30.5 Å². The number of nitrogens with zero attached hydrogens (tertiary/aromatic N) is 2. The average Bonchev–Trinajstić information content (AvgIpc) is 2.87. The van der Waals surface area contributed by atoms with Crippen molar-refractivity contribution in [2.75, 3.05) is 13.6 Å². The smallest absolute Gasteiger partial charge is 0.0815 e. The van der Waals surface area contributed by atoms with Crippen LogP contribution in [0.4, 0.5) is 4.48 Å². The van der Waals surface area contributed by atoms with Gasteiger partial charge in [-0.1, -0.05) is 22.7 Å². The number of rotatable bonds is 2. The van der Waals surface area contributed by atoms with Crippen LogP contribution in [0, 0.1) is 0 Å². The zero-order valence-corrected chi connectivity index (χ0v) is 10.1. The number of fused-ring (bicyclic) bond motifs is 1. The summed E-state index contributed by atoms with van der Waals surface area (Å²) < 4.78 is 13.7. The Morgan fingerprint density at radius 2 is 2.18 bits per heavy atom. The Morgan fingerprint density at radius 3 is 2.94 bits per heavy atom. The summed E-state index contributed by atoms with van der Waals surface area (Å²) >= 11 is 0. The van der Waals surface area contributed by atoms with E-state index in [-0.39, 0.29) is 0 Å². The first kappa shape index (κ1) is 10.8. The number of para-hydroxylation sites is 1. The maximum Gasteiger partial charge on any atom is 0.0815 e. The van der Waals surface area contributed by atoms with Gasteiger partial charge in [-0.15, -0.1) is 0 Å². The van der Waals surface area contributed by atoms with Crippen molar-refractivity contribution in [3.8, 4) is 0 Å². The molecule has 2 heterocycles. The maximum atomic E-state index is 13.7. The lowest BCUT2D eigenvalue weighted by atomic mass is 10.0. The topological polar surface area (TPSA) is 8.17 Å². The molecule has 1 aromatic carbocycles. The van der Waals surface area contributed by atoms with E-state index < -0.39 is 0 Å². The minimum Gasteiger partial charge on any atom is -0.303 e. The van der Waals surface area contributed by atoms with Gasteiger partial charge in [-0.25, -0.2) is 0 Å². The highest BCUT2D eigenvalue weighted by Gasteiger charge is 2.22. The van der Waals surface area contributed by atoms with E-state index in [4.69, 9.17) is 0 Å². The van der Waals surface area contributed by atoms with Gasteiger partial charge in [-0.2, -0.15) is 4.79 Å². The van der Waals surface area contributed by atoms with Gasteiger partial charge in [0.1, 0.15) is 0 Å². The summed E-state index contributed by atoms with van der Waals surface area (Å²) in [6.45, 7) is 1.17. The molecule has 0 bridgehead atoms. The molecule has 0 amide bonds. The third kappa shape index (κ3) is 1.84. The molecular weight excluding hydrogens is 215 g/mol. The summed E-state index contributed by atoms with van der Waals surface area (Å²) in [4.78, 5) is 3.13. The van der Waals surface area contributed by atoms with Crippen LogP contribution in [0.5, 0.6) is 0 Å². The summed E-state index contributed by atoms with van der Waals surface area (Å²) in [5.74, 6) is 0. The zero-order valence-electron chi connectivity index (χ0n) is 10.1. The number of hydrogen-bond donors (Lipinski definition) is 0. The Kier molecular flexibility index (Phi) is 2.63. The molecule has 0 spiro atoms. The second-order valence-corrected chi connectivity index (χ2v) is 4.96. The highest BCUT2D eigenvalue weighted by Crippen LogP contribution is 2.26. The molecule has 1 aliphatic heterocycles. The minimum absolute atomic E-state index is 0.570. The van der Waals surface area contributed by atoms with Crippen LogP contribution in [0.2, 0.25) is 0 Å². The van der Waals surface area contributed by atoms with Crippen LogP contribution in [0.25, 0.3) is 10.9 Å². The van der Waals surface area contributed by atoms with Crippen molar-refractivity contribution in [2.45, 2.75) is 25.3 Å². The highest BCUT2D eigenvalue weighted by molar-refractivity contribution is 5.83. The summed E-state index contributed by atoms with van der Waals surface area (Å²) in [6, 6.07) is 8.27. The standard InChI is InChI=1S/C14H17FN2/c1-16-8-4-5-12(16)9-11-10-17(15)14-7-3-2-6-13(11)14/h2-3,6-7,10,12H,4-5,8-9H2,1H3. The van der Waals surface area contributed by atoms with Crippen molar-refractivity contribution in [3.05, 3.63) is 36.0 Å². The average molecular weight is 232 g/mol. The number of likely N-dealkylation sites (N-methyl/N-ethyl adjacent to an activating group) is 1. The van der Waals surface area contributed by atoms with Crippen LogP contribution in [-0.2, 0) is 6.42 Å². The Hall–Kier alpha value is -1.35. The molecule has 0 aliphatic carbocycles. The molecule has 0 radical (unpaired) electrons. The number of aromatic nitrogens is 1. The van der Waals surface area contributed by atoms with E-state index in [1.165, 1.54) is 19.4 Å². The van der Waals surface area contributed by atoms with Crippen LogP contribution in [0.3, 0.4) is 0 Å². The molecule has 17 heavy (non-hydrogen) atoms. The molecule has 1 unspecified atom stereocenters. The fourth-order valence-electron chi connectivity index (χ4n) is 2.86. The van der Waals surface area contributed by atoms with Gasteiger partial charge in [-0.3, -0.25) is 0 Å². The molecule has 1 aliphatic rings. The Bertz CT molecular complexity index is 532. The van der Waals surface area contributed by atoms with Crippen molar-refractivity contribution >= 4 is 10.9 Å². The first-order valence-electron chi connectivity index (χ1n) is 6.21. The van der Waals surface area contributed by atoms with Crippen LogP contribution < -0.4 is 0 Å². The van der Waals surface area contributed by atoms with E-state index in [2.05, 4.69) is 11.9 Å². The highest BCUT2D eigenvalue weighted by atomic mass is 19.2. The molecule has 0 N–H and O–H groups in total. The van der Waals surface area contributed by atoms with E-state index in [0.717, 1.165) is 22.2 Å². The van der Waals surface area contributed by atoms with E-state index in [0.29, 0.717) is 11.6 Å². The summed E-state index contributed by atoms with van der Waals surface area (Å²) in [6.07, 6.45) is 5.07. The van der Waals surface area contributed by atoms with Crippen LogP contribution in [0.1, 0.15) is 18.4 Å². The maximum absolute atomic E-state index is 13.7. The van der Waals surface area contributed by atoms with E-state index in [1.54, 1.807) is 6.20 Å². The number of benzene rings is 1. The summed E-state index contributed by atoms with van der Waals surface area (Å²) in [7, 11) is 2.16. The van der Waals surface area contributed by atoms with Crippen molar-refractivity contribution in [1.82, 2.24) is 9.69 Å².